The average molecular weight is 304 g/mol. The number of nitrogens with zero attached hydrogens (tertiary/aromatic N) is 1. The van der Waals surface area contributed by atoms with Crippen LogP contribution < -0.4 is 5.32 Å². The SMILES string of the molecule is Cc1ccc(F)c(-c2nc(C3CC3)c(CNC(C)C)s2)c1. The smallest absolute Gasteiger partial charge is 0.133 e. The summed E-state index contributed by atoms with van der Waals surface area (Å²) in [5.74, 6) is 0.409. The Morgan fingerprint density at radius 2 is 2.14 bits per heavy atom. The van der Waals surface area contributed by atoms with E-state index in [0.29, 0.717) is 17.5 Å². The summed E-state index contributed by atoms with van der Waals surface area (Å²) >= 11 is 1.63. The highest BCUT2D eigenvalue weighted by Crippen LogP contribution is 2.44. The molecule has 0 bridgehead atoms. The predicted octanol–water partition coefficient (Wildman–Crippen LogP) is 4.63. The topological polar surface area (TPSA) is 24.9 Å². The first-order valence-corrected chi connectivity index (χ1v) is 8.35. The largest absolute Gasteiger partial charge is 0.310 e. The molecule has 0 saturated heterocycles. The lowest BCUT2D eigenvalue weighted by Crippen LogP contribution is -2.21. The molecule has 4 heteroatoms. The predicted molar refractivity (Wildman–Crippen MR) is 86.2 cm³/mol. The van der Waals surface area contributed by atoms with Crippen LogP contribution in [-0.2, 0) is 6.54 Å². The molecule has 1 heterocycles. The average Bonchev–Trinajstić information content (AvgIpc) is 3.19. The van der Waals surface area contributed by atoms with Crippen LogP contribution in [0.2, 0.25) is 0 Å². The van der Waals surface area contributed by atoms with Crippen LogP contribution in [0.15, 0.2) is 18.2 Å². The molecule has 1 saturated carbocycles. The van der Waals surface area contributed by atoms with Gasteiger partial charge in [0.15, 0.2) is 0 Å². The first-order chi connectivity index (χ1) is 10.0. The molecule has 2 aromatic rings. The van der Waals surface area contributed by atoms with Gasteiger partial charge in [-0.05, 0) is 31.9 Å². The van der Waals surface area contributed by atoms with Crippen molar-refractivity contribution in [2.75, 3.05) is 0 Å². The van der Waals surface area contributed by atoms with Crippen LogP contribution in [0.3, 0.4) is 0 Å². The molecule has 112 valence electrons. The van der Waals surface area contributed by atoms with Crippen LogP contribution in [0.5, 0.6) is 0 Å². The Kier molecular flexibility index (Phi) is 4.09. The van der Waals surface area contributed by atoms with E-state index < -0.39 is 0 Å². The summed E-state index contributed by atoms with van der Waals surface area (Å²) in [7, 11) is 0. The van der Waals surface area contributed by atoms with Gasteiger partial charge < -0.3 is 5.32 Å². The second-order valence-electron chi connectivity index (χ2n) is 6.12. The molecule has 1 fully saturated rings. The maximum absolute atomic E-state index is 14.1. The fraction of sp³-hybridized carbons (Fsp3) is 0.471. The summed E-state index contributed by atoms with van der Waals surface area (Å²) in [5, 5.41) is 4.27. The number of rotatable bonds is 5. The molecule has 1 aliphatic carbocycles. The van der Waals surface area contributed by atoms with E-state index >= 15 is 0 Å². The zero-order valence-corrected chi connectivity index (χ0v) is 13.6. The van der Waals surface area contributed by atoms with Gasteiger partial charge in [-0.1, -0.05) is 25.5 Å². The van der Waals surface area contributed by atoms with E-state index in [9.17, 15) is 4.39 Å². The summed E-state index contributed by atoms with van der Waals surface area (Å²) in [6.07, 6.45) is 2.43. The molecule has 1 N–H and O–H groups in total. The van der Waals surface area contributed by atoms with Crippen LogP contribution >= 0.6 is 11.3 Å². The maximum Gasteiger partial charge on any atom is 0.133 e. The number of benzene rings is 1. The number of halogens is 1. The maximum atomic E-state index is 14.1. The highest BCUT2D eigenvalue weighted by molar-refractivity contribution is 7.15. The summed E-state index contributed by atoms with van der Waals surface area (Å²) in [5.41, 5.74) is 2.89. The summed E-state index contributed by atoms with van der Waals surface area (Å²) in [4.78, 5) is 6.03. The van der Waals surface area contributed by atoms with Crippen molar-refractivity contribution >= 4 is 11.3 Å². The van der Waals surface area contributed by atoms with Crippen molar-refractivity contribution in [1.82, 2.24) is 10.3 Å². The van der Waals surface area contributed by atoms with Crippen molar-refractivity contribution in [3.8, 4) is 10.6 Å². The van der Waals surface area contributed by atoms with Gasteiger partial charge in [-0.3, -0.25) is 0 Å². The third kappa shape index (κ3) is 3.33. The molecule has 1 aromatic heterocycles. The number of aryl methyl sites for hydroxylation is 1. The number of nitrogens with one attached hydrogen (secondary N) is 1. The first kappa shape index (κ1) is 14.7. The van der Waals surface area contributed by atoms with Crippen molar-refractivity contribution in [2.24, 2.45) is 0 Å². The normalized spacial score (nSPS) is 14.9. The summed E-state index contributed by atoms with van der Waals surface area (Å²) < 4.78 is 14.1. The van der Waals surface area contributed by atoms with E-state index in [0.717, 1.165) is 17.1 Å². The van der Waals surface area contributed by atoms with Crippen LogP contribution in [0.4, 0.5) is 4.39 Å². The Hall–Kier alpha value is -1.26. The molecule has 3 rings (SSSR count). The summed E-state index contributed by atoms with van der Waals surface area (Å²) in [6, 6.07) is 5.67. The number of thiazole rings is 1. The number of aromatic nitrogens is 1. The minimum absolute atomic E-state index is 0.180. The van der Waals surface area contributed by atoms with Crippen LogP contribution in [0.1, 0.15) is 48.7 Å². The van der Waals surface area contributed by atoms with Crippen LogP contribution in [0.25, 0.3) is 10.6 Å². The highest BCUT2D eigenvalue weighted by atomic mass is 32.1. The first-order valence-electron chi connectivity index (χ1n) is 7.54. The second kappa shape index (κ2) is 5.85. The van der Waals surface area contributed by atoms with Gasteiger partial charge in [0.2, 0.25) is 0 Å². The van der Waals surface area contributed by atoms with Gasteiger partial charge in [0, 0.05) is 28.9 Å². The van der Waals surface area contributed by atoms with E-state index in [-0.39, 0.29) is 5.82 Å². The molecule has 1 aliphatic rings. The number of hydrogen-bond donors (Lipinski definition) is 1. The molecular formula is C17H21FN2S. The van der Waals surface area contributed by atoms with Crippen molar-refractivity contribution in [3.05, 3.63) is 40.2 Å². The Morgan fingerprint density at radius 3 is 2.81 bits per heavy atom. The molecule has 2 nitrogen and oxygen atoms in total. The fourth-order valence-electron chi connectivity index (χ4n) is 2.38. The van der Waals surface area contributed by atoms with Crippen molar-refractivity contribution in [2.45, 2.75) is 52.1 Å². The Balaban J connectivity index is 1.95. The van der Waals surface area contributed by atoms with E-state index in [2.05, 4.69) is 19.2 Å². The molecular weight excluding hydrogens is 283 g/mol. The molecule has 0 amide bonds. The van der Waals surface area contributed by atoms with Gasteiger partial charge in [-0.25, -0.2) is 9.37 Å². The van der Waals surface area contributed by atoms with E-state index in [1.165, 1.54) is 29.5 Å². The Labute approximate surface area is 129 Å². The molecule has 0 atom stereocenters. The fourth-order valence-corrected chi connectivity index (χ4v) is 3.50. The monoisotopic (exact) mass is 304 g/mol. The minimum atomic E-state index is -0.180. The van der Waals surface area contributed by atoms with E-state index in [1.54, 1.807) is 17.4 Å². The van der Waals surface area contributed by atoms with Crippen molar-refractivity contribution < 1.29 is 4.39 Å². The van der Waals surface area contributed by atoms with E-state index in [4.69, 9.17) is 4.98 Å². The third-order valence-electron chi connectivity index (χ3n) is 3.71. The van der Waals surface area contributed by atoms with Gasteiger partial charge >= 0.3 is 0 Å². The van der Waals surface area contributed by atoms with Gasteiger partial charge in [0.25, 0.3) is 0 Å². The highest BCUT2D eigenvalue weighted by Gasteiger charge is 2.30. The molecule has 0 spiro atoms. The lowest BCUT2D eigenvalue weighted by Gasteiger charge is -2.07. The summed E-state index contributed by atoms with van der Waals surface area (Å²) in [6.45, 7) is 7.09. The molecule has 1 aromatic carbocycles. The quantitative estimate of drug-likeness (QED) is 0.871. The zero-order chi connectivity index (χ0) is 15.0. The molecule has 21 heavy (non-hydrogen) atoms. The Morgan fingerprint density at radius 1 is 1.38 bits per heavy atom. The van der Waals surface area contributed by atoms with Gasteiger partial charge in [-0.2, -0.15) is 0 Å². The molecule has 0 radical (unpaired) electrons. The van der Waals surface area contributed by atoms with Crippen molar-refractivity contribution in [1.29, 1.82) is 0 Å². The zero-order valence-electron chi connectivity index (χ0n) is 12.7. The minimum Gasteiger partial charge on any atom is -0.310 e. The molecule has 0 aliphatic heterocycles. The number of hydrogen-bond acceptors (Lipinski definition) is 3. The van der Waals surface area contributed by atoms with Gasteiger partial charge in [-0.15, -0.1) is 11.3 Å². The lowest BCUT2D eigenvalue weighted by molar-refractivity contribution is 0.590. The van der Waals surface area contributed by atoms with Crippen molar-refractivity contribution in [3.63, 3.8) is 0 Å². The van der Waals surface area contributed by atoms with Gasteiger partial charge in [0.05, 0.1) is 5.69 Å². The van der Waals surface area contributed by atoms with E-state index in [1.807, 2.05) is 13.0 Å². The Bertz CT molecular complexity index is 644. The third-order valence-corrected chi connectivity index (χ3v) is 4.82. The lowest BCUT2D eigenvalue weighted by atomic mass is 10.1. The van der Waals surface area contributed by atoms with Crippen LogP contribution in [0, 0.1) is 12.7 Å². The second-order valence-corrected chi connectivity index (χ2v) is 7.20. The molecule has 0 unspecified atom stereocenters. The van der Waals surface area contributed by atoms with Gasteiger partial charge in [0.1, 0.15) is 10.8 Å². The standard InChI is InChI=1S/C17H21FN2S/c1-10(2)19-9-15-16(12-5-6-12)20-17(21-15)13-8-11(3)4-7-14(13)18/h4,7-8,10,12,19H,5-6,9H2,1-3H3. The van der Waals surface area contributed by atoms with Crippen LogP contribution in [-0.4, -0.2) is 11.0 Å².